The summed E-state index contributed by atoms with van der Waals surface area (Å²) in [4.78, 5) is 17.3. The van der Waals surface area contributed by atoms with Crippen molar-refractivity contribution in [2.75, 3.05) is 38.2 Å². The summed E-state index contributed by atoms with van der Waals surface area (Å²) < 4.78 is 11.0. The Morgan fingerprint density at radius 3 is 2.18 bits per heavy atom. The number of amides is 1. The Morgan fingerprint density at radius 2 is 1.68 bits per heavy atom. The van der Waals surface area contributed by atoms with Crippen LogP contribution in [0.4, 0.5) is 6.01 Å². The fourth-order valence-electron chi connectivity index (χ4n) is 3.53. The van der Waals surface area contributed by atoms with Gasteiger partial charge in [-0.3, -0.25) is 4.79 Å². The van der Waals surface area contributed by atoms with Crippen LogP contribution in [0.25, 0.3) is 0 Å². The topological polar surface area (TPSA) is 71.7 Å². The Morgan fingerprint density at radius 1 is 1.04 bits per heavy atom. The fraction of sp³-hybridized carbons (Fsp3) is 0.571. The average Bonchev–Trinajstić information content (AvgIpc) is 3.19. The SMILES string of the molecule is COc1ccc(C(C(=O)N2CCN(c3nnc(C(C)C)o3)CC2)C(C)C)cc1. The van der Waals surface area contributed by atoms with Crippen molar-refractivity contribution < 1.29 is 13.9 Å². The van der Waals surface area contributed by atoms with Gasteiger partial charge in [0.25, 0.3) is 0 Å². The molecular weight excluding hydrogens is 356 g/mol. The first-order valence-electron chi connectivity index (χ1n) is 9.91. The number of hydrogen-bond donors (Lipinski definition) is 0. The van der Waals surface area contributed by atoms with Crippen LogP contribution in [-0.2, 0) is 4.79 Å². The van der Waals surface area contributed by atoms with Crippen LogP contribution in [-0.4, -0.2) is 54.3 Å². The highest BCUT2D eigenvalue weighted by atomic mass is 16.5. The third-order valence-corrected chi connectivity index (χ3v) is 5.19. The molecular formula is C21H30N4O3. The van der Waals surface area contributed by atoms with Crippen molar-refractivity contribution in [1.82, 2.24) is 15.1 Å². The molecule has 152 valence electrons. The van der Waals surface area contributed by atoms with Gasteiger partial charge in [0.2, 0.25) is 11.8 Å². The summed E-state index contributed by atoms with van der Waals surface area (Å²) in [6.45, 7) is 10.9. The van der Waals surface area contributed by atoms with Gasteiger partial charge in [0.15, 0.2) is 0 Å². The molecule has 1 aromatic carbocycles. The minimum Gasteiger partial charge on any atom is -0.497 e. The molecule has 0 bridgehead atoms. The Hall–Kier alpha value is -2.57. The summed E-state index contributed by atoms with van der Waals surface area (Å²) in [6, 6.07) is 8.36. The van der Waals surface area contributed by atoms with Crippen molar-refractivity contribution in [3.8, 4) is 5.75 Å². The van der Waals surface area contributed by atoms with Gasteiger partial charge in [0, 0.05) is 32.1 Å². The minimum absolute atomic E-state index is 0.159. The van der Waals surface area contributed by atoms with Crippen LogP contribution in [0.15, 0.2) is 28.7 Å². The van der Waals surface area contributed by atoms with Gasteiger partial charge in [-0.1, -0.05) is 44.9 Å². The summed E-state index contributed by atoms with van der Waals surface area (Å²) in [7, 11) is 1.65. The van der Waals surface area contributed by atoms with Crippen LogP contribution in [0.5, 0.6) is 5.75 Å². The third kappa shape index (κ3) is 4.29. The molecule has 1 saturated heterocycles. The molecule has 1 unspecified atom stereocenters. The van der Waals surface area contributed by atoms with Crippen molar-refractivity contribution in [1.29, 1.82) is 0 Å². The number of hydrogen-bond acceptors (Lipinski definition) is 6. The summed E-state index contributed by atoms with van der Waals surface area (Å²) in [6.07, 6.45) is 0. The second kappa shape index (κ2) is 8.63. The Balaban J connectivity index is 1.66. The molecule has 0 N–H and O–H groups in total. The lowest BCUT2D eigenvalue weighted by atomic mass is 9.87. The molecule has 1 aliphatic rings. The number of benzene rings is 1. The van der Waals surface area contributed by atoms with Crippen molar-refractivity contribution in [2.24, 2.45) is 5.92 Å². The monoisotopic (exact) mass is 386 g/mol. The van der Waals surface area contributed by atoms with Crippen molar-refractivity contribution in [3.05, 3.63) is 35.7 Å². The van der Waals surface area contributed by atoms with Crippen LogP contribution >= 0.6 is 0 Å². The predicted octanol–water partition coefficient (Wildman–Crippen LogP) is 3.29. The van der Waals surface area contributed by atoms with Crippen LogP contribution in [0.2, 0.25) is 0 Å². The number of methoxy groups -OCH3 is 1. The molecule has 1 amide bonds. The van der Waals surface area contributed by atoms with Gasteiger partial charge in [-0.15, -0.1) is 5.10 Å². The zero-order chi connectivity index (χ0) is 20.3. The molecule has 2 heterocycles. The van der Waals surface area contributed by atoms with E-state index in [1.54, 1.807) is 7.11 Å². The number of aromatic nitrogens is 2. The molecule has 1 atom stereocenters. The maximum atomic E-state index is 13.3. The molecule has 0 saturated carbocycles. The second-order valence-corrected chi connectivity index (χ2v) is 7.88. The van der Waals surface area contributed by atoms with Gasteiger partial charge in [-0.25, -0.2) is 0 Å². The number of carbonyl (C=O) groups is 1. The predicted molar refractivity (Wildman–Crippen MR) is 108 cm³/mol. The normalized spacial score (nSPS) is 16.0. The van der Waals surface area contributed by atoms with Crippen molar-refractivity contribution in [2.45, 2.75) is 39.5 Å². The second-order valence-electron chi connectivity index (χ2n) is 7.88. The summed E-state index contributed by atoms with van der Waals surface area (Å²) >= 11 is 0. The summed E-state index contributed by atoms with van der Waals surface area (Å²) in [5.41, 5.74) is 1.03. The Labute approximate surface area is 166 Å². The molecule has 7 nitrogen and oxygen atoms in total. The van der Waals surface area contributed by atoms with Gasteiger partial charge < -0.3 is 19.0 Å². The lowest BCUT2D eigenvalue weighted by molar-refractivity contribution is -0.134. The van der Waals surface area contributed by atoms with E-state index in [0.29, 0.717) is 38.1 Å². The minimum atomic E-state index is -0.159. The first-order chi connectivity index (χ1) is 13.4. The first kappa shape index (κ1) is 20.2. The van der Waals surface area contributed by atoms with Gasteiger partial charge in [-0.05, 0) is 23.6 Å². The van der Waals surface area contributed by atoms with Crippen LogP contribution in [0, 0.1) is 5.92 Å². The van der Waals surface area contributed by atoms with E-state index in [4.69, 9.17) is 9.15 Å². The smallest absolute Gasteiger partial charge is 0.318 e. The number of ether oxygens (including phenoxy) is 1. The molecule has 7 heteroatoms. The standard InChI is InChI=1S/C21H30N4O3/c1-14(2)18(16-6-8-17(27-5)9-7-16)20(26)24-10-12-25(13-11-24)21-23-22-19(28-21)15(3)4/h6-9,14-15,18H,10-13H2,1-5H3. The van der Waals surface area contributed by atoms with E-state index in [1.807, 2.05) is 43.0 Å². The molecule has 1 aromatic heterocycles. The highest BCUT2D eigenvalue weighted by molar-refractivity contribution is 5.84. The number of nitrogens with zero attached hydrogens (tertiary/aromatic N) is 4. The summed E-state index contributed by atoms with van der Waals surface area (Å²) in [5, 5.41) is 8.25. The van der Waals surface area contributed by atoms with Crippen LogP contribution in [0.3, 0.4) is 0 Å². The third-order valence-electron chi connectivity index (χ3n) is 5.19. The molecule has 0 spiro atoms. The zero-order valence-corrected chi connectivity index (χ0v) is 17.4. The molecule has 1 fully saturated rings. The molecule has 3 rings (SSSR count). The van der Waals surface area contributed by atoms with E-state index < -0.39 is 0 Å². The van der Waals surface area contributed by atoms with Gasteiger partial charge >= 0.3 is 6.01 Å². The van der Waals surface area contributed by atoms with E-state index in [1.165, 1.54) is 0 Å². The van der Waals surface area contributed by atoms with Crippen molar-refractivity contribution in [3.63, 3.8) is 0 Å². The number of piperazine rings is 1. The van der Waals surface area contributed by atoms with Crippen LogP contribution < -0.4 is 9.64 Å². The van der Waals surface area contributed by atoms with E-state index in [2.05, 4.69) is 28.9 Å². The number of rotatable bonds is 6. The number of anilines is 1. The maximum Gasteiger partial charge on any atom is 0.318 e. The van der Waals surface area contributed by atoms with Crippen molar-refractivity contribution >= 4 is 11.9 Å². The van der Waals surface area contributed by atoms with Gasteiger partial charge in [0.1, 0.15) is 5.75 Å². The van der Waals surface area contributed by atoms with E-state index in [-0.39, 0.29) is 23.7 Å². The summed E-state index contributed by atoms with van der Waals surface area (Å²) in [5.74, 6) is 1.88. The van der Waals surface area contributed by atoms with Crippen LogP contribution in [0.1, 0.15) is 51.0 Å². The lowest BCUT2D eigenvalue weighted by Gasteiger charge is -2.36. The molecule has 28 heavy (non-hydrogen) atoms. The molecule has 2 aromatic rings. The first-order valence-corrected chi connectivity index (χ1v) is 9.91. The van der Waals surface area contributed by atoms with Gasteiger partial charge in [0.05, 0.1) is 13.0 Å². The molecule has 0 radical (unpaired) electrons. The highest BCUT2D eigenvalue weighted by Gasteiger charge is 2.31. The fourth-order valence-corrected chi connectivity index (χ4v) is 3.53. The van der Waals surface area contributed by atoms with E-state index in [9.17, 15) is 4.79 Å². The lowest BCUT2D eigenvalue weighted by Crippen LogP contribution is -2.50. The molecule has 1 aliphatic heterocycles. The average molecular weight is 386 g/mol. The number of carbonyl (C=O) groups excluding carboxylic acids is 1. The highest BCUT2D eigenvalue weighted by Crippen LogP contribution is 2.29. The largest absolute Gasteiger partial charge is 0.497 e. The van der Waals surface area contributed by atoms with E-state index >= 15 is 0 Å². The quantitative estimate of drug-likeness (QED) is 0.759. The van der Waals surface area contributed by atoms with Gasteiger partial charge in [-0.2, -0.15) is 0 Å². The van der Waals surface area contributed by atoms with E-state index in [0.717, 1.165) is 11.3 Å². The molecule has 0 aliphatic carbocycles. The zero-order valence-electron chi connectivity index (χ0n) is 17.4. The Bertz CT molecular complexity index is 777. The Kier molecular flexibility index (Phi) is 6.21. The maximum absolute atomic E-state index is 13.3.